The van der Waals surface area contributed by atoms with Gasteiger partial charge in [0.15, 0.2) is 0 Å². The van der Waals surface area contributed by atoms with Crippen molar-refractivity contribution >= 4 is 12.0 Å². The second kappa shape index (κ2) is 10.3. The van der Waals surface area contributed by atoms with E-state index in [1.807, 2.05) is 23.0 Å². The SMILES string of the molecule is Fc1ccc(-c2cc(C3CCCN(CCc4ccccc4)CC3)n(C3=CCCC=N3)n2)cc1. The quantitative estimate of drug-likeness (QED) is 0.458. The molecule has 5 rings (SSSR count). The molecule has 0 spiro atoms. The average Bonchev–Trinajstić information content (AvgIpc) is 3.17. The monoisotopic (exact) mass is 442 g/mol. The fraction of sp³-hybridized carbons (Fsp3) is 0.357. The molecule has 2 aliphatic rings. The molecular weight excluding hydrogens is 411 g/mol. The first-order chi connectivity index (χ1) is 16.3. The Kier molecular flexibility index (Phi) is 6.77. The van der Waals surface area contributed by atoms with E-state index in [4.69, 9.17) is 5.10 Å². The summed E-state index contributed by atoms with van der Waals surface area (Å²) in [6.07, 6.45) is 10.7. The van der Waals surface area contributed by atoms with Crippen LogP contribution in [0.5, 0.6) is 0 Å². The Balaban J connectivity index is 1.35. The number of aromatic nitrogens is 2. The minimum Gasteiger partial charge on any atom is -0.303 e. The van der Waals surface area contributed by atoms with E-state index in [0.717, 1.165) is 68.8 Å². The normalized spacial score (nSPS) is 19.3. The molecule has 2 aliphatic heterocycles. The van der Waals surface area contributed by atoms with Crippen molar-refractivity contribution in [3.05, 3.63) is 83.8 Å². The van der Waals surface area contributed by atoms with Crippen LogP contribution in [0, 0.1) is 5.82 Å². The molecule has 1 atom stereocenters. The van der Waals surface area contributed by atoms with Gasteiger partial charge in [-0.05, 0) is 93.6 Å². The van der Waals surface area contributed by atoms with Crippen LogP contribution in [-0.2, 0) is 6.42 Å². The zero-order valence-electron chi connectivity index (χ0n) is 19.0. The minimum atomic E-state index is -0.225. The topological polar surface area (TPSA) is 33.4 Å². The Morgan fingerprint density at radius 3 is 2.58 bits per heavy atom. The Hall–Kier alpha value is -3.05. The van der Waals surface area contributed by atoms with E-state index in [9.17, 15) is 4.39 Å². The second-order valence-electron chi connectivity index (χ2n) is 9.03. The van der Waals surface area contributed by atoms with Crippen LogP contribution in [0.25, 0.3) is 17.1 Å². The highest BCUT2D eigenvalue weighted by atomic mass is 19.1. The summed E-state index contributed by atoms with van der Waals surface area (Å²) in [6, 6.07) is 19.6. The van der Waals surface area contributed by atoms with Crippen LogP contribution < -0.4 is 0 Å². The van der Waals surface area contributed by atoms with Crippen molar-refractivity contribution < 1.29 is 4.39 Å². The van der Waals surface area contributed by atoms with E-state index < -0.39 is 0 Å². The lowest BCUT2D eigenvalue weighted by molar-refractivity contribution is 0.287. The number of hydrogen-bond donors (Lipinski definition) is 0. The molecule has 3 heterocycles. The maximum absolute atomic E-state index is 13.5. The van der Waals surface area contributed by atoms with Crippen LogP contribution in [0.4, 0.5) is 4.39 Å². The number of benzene rings is 2. The van der Waals surface area contributed by atoms with Gasteiger partial charge in [-0.1, -0.05) is 30.3 Å². The predicted molar refractivity (Wildman–Crippen MR) is 133 cm³/mol. The summed E-state index contributed by atoms with van der Waals surface area (Å²) in [4.78, 5) is 7.25. The number of likely N-dealkylation sites (tertiary alicyclic amines) is 1. The first-order valence-corrected chi connectivity index (χ1v) is 12.1. The number of hydrogen-bond acceptors (Lipinski definition) is 3. The number of aliphatic imine (C=N–C) groups is 1. The largest absolute Gasteiger partial charge is 0.303 e. The molecule has 0 amide bonds. The zero-order chi connectivity index (χ0) is 22.5. The van der Waals surface area contributed by atoms with Crippen LogP contribution in [0.1, 0.15) is 49.3 Å². The van der Waals surface area contributed by atoms with Gasteiger partial charge >= 0.3 is 0 Å². The van der Waals surface area contributed by atoms with Gasteiger partial charge < -0.3 is 4.90 Å². The summed E-state index contributed by atoms with van der Waals surface area (Å²) in [7, 11) is 0. The second-order valence-corrected chi connectivity index (χ2v) is 9.03. The molecule has 2 aromatic carbocycles. The van der Waals surface area contributed by atoms with Gasteiger partial charge in [0.25, 0.3) is 0 Å². The Morgan fingerprint density at radius 2 is 1.79 bits per heavy atom. The van der Waals surface area contributed by atoms with Gasteiger partial charge in [-0.25, -0.2) is 14.1 Å². The number of rotatable bonds is 6. The lowest BCUT2D eigenvalue weighted by Crippen LogP contribution is -2.27. The van der Waals surface area contributed by atoms with Crippen molar-refractivity contribution in [1.82, 2.24) is 14.7 Å². The lowest BCUT2D eigenvalue weighted by Gasteiger charge is -2.20. The van der Waals surface area contributed by atoms with Crippen LogP contribution in [0.2, 0.25) is 0 Å². The summed E-state index contributed by atoms with van der Waals surface area (Å²) < 4.78 is 15.5. The van der Waals surface area contributed by atoms with Gasteiger partial charge in [-0.3, -0.25) is 0 Å². The van der Waals surface area contributed by atoms with Gasteiger partial charge in [0.1, 0.15) is 11.6 Å². The molecule has 1 saturated heterocycles. The Morgan fingerprint density at radius 1 is 0.939 bits per heavy atom. The van der Waals surface area contributed by atoms with Crippen molar-refractivity contribution in [1.29, 1.82) is 0 Å². The van der Waals surface area contributed by atoms with Gasteiger partial charge in [0.2, 0.25) is 0 Å². The predicted octanol–water partition coefficient (Wildman–Crippen LogP) is 6.16. The first-order valence-electron chi connectivity index (χ1n) is 12.1. The van der Waals surface area contributed by atoms with E-state index in [1.54, 1.807) is 0 Å². The maximum atomic E-state index is 13.5. The fourth-order valence-electron chi connectivity index (χ4n) is 4.88. The molecule has 3 aromatic rings. The summed E-state index contributed by atoms with van der Waals surface area (Å²) >= 11 is 0. The van der Waals surface area contributed by atoms with Crippen LogP contribution in [0.15, 0.2) is 71.7 Å². The average molecular weight is 443 g/mol. The Bertz CT molecular complexity index is 1110. The summed E-state index contributed by atoms with van der Waals surface area (Å²) in [5.74, 6) is 1.12. The third-order valence-corrected chi connectivity index (χ3v) is 6.74. The molecule has 33 heavy (non-hydrogen) atoms. The smallest absolute Gasteiger partial charge is 0.149 e. The van der Waals surface area contributed by atoms with E-state index in [-0.39, 0.29) is 5.82 Å². The highest BCUT2D eigenvalue weighted by Gasteiger charge is 2.24. The molecular formula is C28H31FN4. The van der Waals surface area contributed by atoms with E-state index >= 15 is 0 Å². The van der Waals surface area contributed by atoms with Gasteiger partial charge in [0, 0.05) is 29.9 Å². The Labute approximate surface area is 195 Å². The molecule has 1 fully saturated rings. The highest BCUT2D eigenvalue weighted by molar-refractivity contribution is 5.69. The van der Waals surface area contributed by atoms with Crippen molar-refractivity contribution in [2.75, 3.05) is 19.6 Å². The molecule has 4 nitrogen and oxygen atoms in total. The number of halogens is 1. The first kappa shape index (κ1) is 21.8. The van der Waals surface area contributed by atoms with Gasteiger partial charge in [-0.2, -0.15) is 5.10 Å². The molecule has 0 bridgehead atoms. The molecule has 0 aliphatic carbocycles. The van der Waals surface area contributed by atoms with Crippen LogP contribution >= 0.6 is 0 Å². The third-order valence-electron chi connectivity index (χ3n) is 6.74. The van der Waals surface area contributed by atoms with Crippen molar-refractivity contribution in [3.63, 3.8) is 0 Å². The molecule has 0 N–H and O–H groups in total. The summed E-state index contributed by atoms with van der Waals surface area (Å²) in [5.41, 5.74) is 4.46. The van der Waals surface area contributed by atoms with Crippen molar-refractivity contribution in [2.24, 2.45) is 4.99 Å². The molecule has 1 unspecified atom stereocenters. The van der Waals surface area contributed by atoms with Crippen molar-refractivity contribution in [2.45, 2.75) is 44.4 Å². The van der Waals surface area contributed by atoms with E-state index in [2.05, 4.69) is 52.4 Å². The van der Waals surface area contributed by atoms with Crippen LogP contribution in [0.3, 0.4) is 0 Å². The van der Waals surface area contributed by atoms with Gasteiger partial charge in [0.05, 0.1) is 5.69 Å². The van der Waals surface area contributed by atoms with E-state index in [0.29, 0.717) is 5.92 Å². The summed E-state index contributed by atoms with van der Waals surface area (Å²) in [5, 5.41) is 4.93. The fourth-order valence-corrected chi connectivity index (χ4v) is 4.88. The molecule has 5 heteroatoms. The number of allylic oxidation sites excluding steroid dienone is 1. The number of nitrogens with zero attached hydrogens (tertiary/aromatic N) is 4. The third kappa shape index (κ3) is 5.31. The van der Waals surface area contributed by atoms with Gasteiger partial charge in [-0.15, -0.1) is 0 Å². The lowest BCUT2D eigenvalue weighted by atomic mass is 9.96. The minimum absolute atomic E-state index is 0.225. The summed E-state index contributed by atoms with van der Waals surface area (Å²) in [6.45, 7) is 3.34. The molecule has 0 saturated carbocycles. The molecule has 1 aromatic heterocycles. The van der Waals surface area contributed by atoms with Crippen LogP contribution in [-0.4, -0.2) is 40.5 Å². The maximum Gasteiger partial charge on any atom is 0.149 e. The standard InChI is InChI=1S/C28H31FN4/c29-25-13-11-23(12-14-25)26-21-27(33(31-26)28-10-4-5-17-30-28)24-9-6-18-32(20-16-24)19-15-22-7-2-1-3-8-22/h1-3,7-8,10-14,17,21,24H,4-6,9,15-16,18-20H2. The zero-order valence-corrected chi connectivity index (χ0v) is 19.0. The van der Waals surface area contributed by atoms with Crippen molar-refractivity contribution in [3.8, 4) is 11.3 Å². The van der Waals surface area contributed by atoms with E-state index in [1.165, 1.54) is 29.8 Å². The molecule has 0 radical (unpaired) electrons. The highest BCUT2D eigenvalue weighted by Crippen LogP contribution is 2.33. The molecule has 170 valence electrons.